The normalized spacial score (nSPS) is 29.3. The van der Waals surface area contributed by atoms with Gasteiger partial charge < -0.3 is 9.84 Å². The first-order chi connectivity index (χ1) is 8.06. The van der Waals surface area contributed by atoms with Gasteiger partial charge in [0.1, 0.15) is 0 Å². The maximum Gasteiger partial charge on any atom is 0.0594 e. The SMILES string of the molecule is COCCC(C)C(O)C1CCC(C(C)C)CC1. The lowest BCUT2D eigenvalue weighted by Gasteiger charge is -2.35. The molecule has 0 aromatic rings. The molecule has 0 radical (unpaired) electrons. The summed E-state index contributed by atoms with van der Waals surface area (Å²) in [5, 5.41) is 10.3. The summed E-state index contributed by atoms with van der Waals surface area (Å²) >= 11 is 0. The van der Waals surface area contributed by atoms with Crippen LogP contribution in [-0.4, -0.2) is 24.9 Å². The molecular formula is C15H30O2. The van der Waals surface area contributed by atoms with Crippen molar-refractivity contribution in [2.75, 3.05) is 13.7 Å². The van der Waals surface area contributed by atoms with Crippen molar-refractivity contribution in [2.45, 2.75) is 59.0 Å². The van der Waals surface area contributed by atoms with Gasteiger partial charge >= 0.3 is 0 Å². The van der Waals surface area contributed by atoms with Crippen LogP contribution in [0.25, 0.3) is 0 Å². The second-order valence-corrected chi connectivity index (χ2v) is 6.17. The van der Waals surface area contributed by atoms with E-state index >= 15 is 0 Å². The molecule has 0 amide bonds. The van der Waals surface area contributed by atoms with Crippen LogP contribution >= 0.6 is 0 Å². The summed E-state index contributed by atoms with van der Waals surface area (Å²) in [4.78, 5) is 0. The van der Waals surface area contributed by atoms with Crippen molar-refractivity contribution < 1.29 is 9.84 Å². The van der Waals surface area contributed by atoms with Crippen molar-refractivity contribution in [3.05, 3.63) is 0 Å². The zero-order valence-corrected chi connectivity index (χ0v) is 12.0. The van der Waals surface area contributed by atoms with Gasteiger partial charge in [-0.05, 0) is 55.8 Å². The Morgan fingerprint density at radius 1 is 1.06 bits per heavy atom. The zero-order valence-electron chi connectivity index (χ0n) is 12.0. The number of hydrogen-bond donors (Lipinski definition) is 1. The molecule has 0 aliphatic heterocycles. The largest absolute Gasteiger partial charge is 0.393 e. The van der Waals surface area contributed by atoms with E-state index in [1.165, 1.54) is 25.7 Å². The van der Waals surface area contributed by atoms with Crippen molar-refractivity contribution in [1.82, 2.24) is 0 Å². The van der Waals surface area contributed by atoms with E-state index in [-0.39, 0.29) is 6.10 Å². The lowest BCUT2D eigenvalue weighted by Crippen LogP contribution is -2.32. The van der Waals surface area contributed by atoms with Crippen LogP contribution in [0.2, 0.25) is 0 Å². The molecule has 0 saturated heterocycles. The molecular weight excluding hydrogens is 212 g/mol. The van der Waals surface area contributed by atoms with Crippen molar-refractivity contribution in [2.24, 2.45) is 23.7 Å². The molecule has 2 heteroatoms. The Hall–Kier alpha value is -0.0800. The number of aliphatic hydroxyl groups is 1. The lowest BCUT2D eigenvalue weighted by molar-refractivity contribution is 0.0169. The van der Waals surface area contributed by atoms with Crippen molar-refractivity contribution in [1.29, 1.82) is 0 Å². The molecule has 17 heavy (non-hydrogen) atoms. The van der Waals surface area contributed by atoms with Gasteiger partial charge in [0.15, 0.2) is 0 Å². The molecule has 2 atom stereocenters. The number of rotatable bonds is 6. The van der Waals surface area contributed by atoms with Crippen LogP contribution in [0, 0.1) is 23.7 Å². The predicted octanol–water partition coefficient (Wildman–Crippen LogP) is 3.48. The van der Waals surface area contributed by atoms with E-state index in [4.69, 9.17) is 4.74 Å². The Labute approximate surface area is 107 Å². The van der Waals surface area contributed by atoms with Crippen LogP contribution in [0.15, 0.2) is 0 Å². The molecule has 1 rings (SSSR count). The molecule has 1 saturated carbocycles. The van der Waals surface area contributed by atoms with Crippen molar-refractivity contribution in [3.8, 4) is 0 Å². The molecule has 2 nitrogen and oxygen atoms in total. The van der Waals surface area contributed by atoms with Crippen LogP contribution in [0.3, 0.4) is 0 Å². The average Bonchev–Trinajstić information content (AvgIpc) is 2.35. The third-order valence-corrected chi connectivity index (χ3v) is 4.60. The average molecular weight is 242 g/mol. The summed E-state index contributed by atoms with van der Waals surface area (Å²) in [5.41, 5.74) is 0. The Morgan fingerprint density at radius 3 is 2.06 bits per heavy atom. The fraction of sp³-hybridized carbons (Fsp3) is 1.00. The Bertz CT molecular complexity index is 195. The number of aliphatic hydroxyl groups excluding tert-OH is 1. The van der Waals surface area contributed by atoms with E-state index < -0.39 is 0 Å². The van der Waals surface area contributed by atoms with Gasteiger partial charge in [-0.25, -0.2) is 0 Å². The number of methoxy groups -OCH3 is 1. The van der Waals surface area contributed by atoms with Gasteiger partial charge in [0, 0.05) is 13.7 Å². The Morgan fingerprint density at radius 2 is 1.59 bits per heavy atom. The van der Waals surface area contributed by atoms with Crippen LogP contribution in [0.4, 0.5) is 0 Å². The van der Waals surface area contributed by atoms with E-state index in [2.05, 4.69) is 20.8 Å². The van der Waals surface area contributed by atoms with Gasteiger partial charge in [0.05, 0.1) is 6.10 Å². The highest BCUT2D eigenvalue weighted by Gasteiger charge is 2.30. The van der Waals surface area contributed by atoms with Gasteiger partial charge in [0.2, 0.25) is 0 Å². The van der Waals surface area contributed by atoms with Gasteiger partial charge in [0.25, 0.3) is 0 Å². The molecule has 0 aromatic heterocycles. The first-order valence-electron chi connectivity index (χ1n) is 7.23. The first kappa shape index (κ1) is 15.0. The second kappa shape index (κ2) is 7.38. The molecule has 1 aliphatic rings. The molecule has 0 heterocycles. The molecule has 0 bridgehead atoms. The van der Waals surface area contributed by atoms with Gasteiger partial charge in [-0.1, -0.05) is 20.8 Å². The molecule has 1 N–H and O–H groups in total. The minimum Gasteiger partial charge on any atom is -0.393 e. The first-order valence-corrected chi connectivity index (χ1v) is 7.23. The molecule has 102 valence electrons. The number of ether oxygens (including phenoxy) is 1. The highest BCUT2D eigenvalue weighted by Crippen LogP contribution is 2.36. The fourth-order valence-electron chi connectivity index (χ4n) is 3.09. The van der Waals surface area contributed by atoms with Crippen LogP contribution < -0.4 is 0 Å². The standard InChI is InChI=1S/C15H30O2/c1-11(2)13-5-7-14(8-6-13)15(16)12(3)9-10-17-4/h11-16H,5-10H2,1-4H3. The highest BCUT2D eigenvalue weighted by atomic mass is 16.5. The lowest BCUT2D eigenvalue weighted by atomic mass is 9.73. The van der Waals surface area contributed by atoms with E-state index in [0.717, 1.165) is 24.9 Å². The predicted molar refractivity (Wildman–Crippen MR) is 71.9 cm³/mol. The van der Waals surface area contributed by atoms with E-state index in [1.54, 1.807) is 7.11 Å². The fourth-order valence-corrected chi connectivity index (χ4v) is 3.09. The third-order valence-electron chi connectivity index (χ3n) is 4.60. The summed E-state index contributed by atoms with van der Waals surface area (Å²) in [7, 11) is 1.73. The topological polar surface area (TPSA) is 29.5 Å². The smallest absolute Gasteiger partial charge is 0.0594 e. The van der Waals surface area contributed by atoms with E-state index in [0.29, 0.717) is 11.8 Å². The minimum absolute atomic E-state index is 0.127. The summed E-state index contributed by atoms with van der Waals surface area (Å²) in [5.74, 6) is 2.58. The molecule has 0 spiro atoms. The summed E-state index contributed by atoms with van der Waals surface area (Å²) in [6.45, 7) is 7.56. The molecule has 0 aromatic carbocycles. The Kier molecular flexibility index (Phi) is 6.50. The summed E-state index contributed by atoms with van der Waals surface area (Å²) < 4.78 is 5.09. The van der Waals surface area contributed by atoms with Gasteiger partial charge in [-0.15, -0.1) is 0 Å². The van der Waals surface area contributed by atoms with Gasteiger partial charge in [-0.2, -0.15) is 0 Å². The summed E-state index contributed by atoms with van der Waals surface area (Å²) in [6.07, 6.45) is 5.87. The van der Waals surface area contributed by atoms with Crippen LogP contribution in [0.1, 0.15) is 52.9 Å². The molecule has 1 aliphatic carbocycles. The third kappa shape index (κ3) is 4.59. The molecule has 1 fully saturated rings. The maximum atomic E-state index is 10.3. The quantitative estimate of drug-likeness (QED) is 0.772. The monoisotopic (exact) mass is 242 g/mol. The van der Waals surface area contributed by atoms with E-state index in [1.807, 2.05) is 0 Å². The van der Waals surface area contributed by atoms with Crippen LogP contribution in [0.5, 0.6) is 0 Å². The van der Waals surface area contributed by atoms with Crippen molar-refractivity contribution in [3.63, 3.8) is 0 Å². The summed E-state index contributed by atoms with van der Waals surface area (Å²) in [6, 6.07) is 0. The van der Waals surface area contributed by atoms with Crippen molar-refractivity contribution >= 4 is 0 Å². The minimum atomic E-state index is -0.127. The Balaban J connectivity index is 2.32. The van der Waals surface area contributed by atoms with Crippen LogP contribution in [-0.2, 0) is 4.74 Å². The highest BCUT2D eigenvalue weighted by molar-refractivity contribution is 4.81. The molecule has 2 unspecified atom stereocenters. The second-order valence-electron chi connectivity index (χ2n) is 6.17. The van der Waals surface area contributed by atoms with E-state index in [9.17, 15) is 5.11 Å². The number of hydrogen-bond acceptors (Lipinski definition) is 2. The maximum absolute atomic E-state index is 10.3. The zero-order chi connectivity index (χ0) is 12.8. The van der Waals surface area contributed by atoms with Gasteiger partial charge in [-0.3, -0.25) is 0 Å².